The molecule has 1 aromatic rings. The Balaban J connectivity index is 2.03. The van der Waals surface area contributed by atoms with Gasteiger partial charge in [0.15, 0.2) is 0 Å². The summed E-state index contributed by atoms with van der Waals surface area (Å²) in [7, 11) is 0. The van der Waals surface area contributed by atoms with Crippen LogP contribution in [0.4, 0.5) is 11.4 Å². The Kier molecular flexibility index (Phi) is 5.08. The van der Waals surface area contributed by atoms with Gasteiger partial charge in [-0.3, -0.25) is 0 Å². The molecule has 0 bridgehead atoms. The molecule has 1 saturated carbocycles. The first kappa shape index (κ1) is 15.4. The van der Waals surface area contributed by atoms with Crippen LogP contribution in [0.15, 0.2) is 18.2 Å². The number of nitrogens with two attached hydrogens (primary N) is 1. The topological polar surface area (TPSA) is 47.3 Å². The maximum Gasteiger partial charge on any atom is 0.123 e. The highest BCUT2D eigenvalue weighted by Crippen LogP contribution is 2.40. The third-order valence-corrected chi connectivity index (χ3v) is 5.28. The van der Waals surface area contributed by atoms with Gasteiger partial charge in [-0.1, -0.05) is 12.8 Å². The first-order valence-corrected chi connectivity index (χ1v) is 8.62. The van der Waals surface area contributed by atoms with Crippen molar-refractivity contribution in [3.63, 3.8) is 0 Å². The molecule has 0 unspecified atom stereocenters. The first-order valence-electron chi connectivity index (χ1n) is 7.39. The summed E-state index contributed by atoms with van der Waals surface area (Å²) >= 11 is 1.99. The van der Waals surface area contributed by atoms with Gasteiger partial charge in [-0.2, -0.15) is 11.8 Å². The largest absolute Gasteiger partial charge is 0.491 e. The van der Waals surface area contributed by atoms with E-state index in [1.54, 1.807) is 0 Å². The summed E-state index contributed by atoms with van der Waals surface area (Å²) in [4.78, 5) is 0. The van der Waals surface area contributed by atoms with Gasteiger partial charge in [0.05, 0.1) is 6.10 Å². The van der Waals surface area contributed by atoms with Crippen LogP contribution < -0.4 is 15.8 Å². The predicted molar refractivity (Wildman–Crippen MR) is 89.8 cm³/mol. The standard InChI is InChI=1S/C16H26N2OS/c1-12(2)19-15-9-13(17)8-14(10-15)18-11-16(20-3)6-4-5-7-16/h8-10,12,18H,4-7,11,17H2,1-3H3. The lowest BCUT2D eigenvalue weighted by Crippen LogP contribution is -2.30. The molecule has 1 fully saturated rings. The van der Waals surface area contributed by atoms with E-state index in [1.165, 1.54) is 25.7 Å². The van der Waals surface area contributed by atoms with E-state index in [-0.39, 0.29) is 6.10 Å². The SMILES string of the molecule is CSC1(CNc2cc(N)cc(OC(C)C)c2)CCCC1. The first-order chi connectivity index (χ1) is 9.53. The molecule has 1 aromatic carbocycles. The highest BCUT2D eigenvalue weighted by Gasteiger charge is 2.32. The number of rotatable bonds is 6. The summed E-state index contributed by atoms with van der Waals surface area (Å²) in [6.45, 7) is 5.05. The van der Waals surface area contributed by atoms with Crippen LogP contribution in [0.2, 0.25) is 0 Å². The molecule has 3 N–H and O–H groups in total. The molecule has 1 aliphatic rings. The molecule has 0 atom stereocenters. The van der Waals surface area contributed by atoms with Crippen LogP contribution in [-0.4, -0.2) is 23.7 Å². The van der Waals surface area contributed by atoms with Crippen molar-refractivity contribution >= 4 is 23.1 Å². The molecule has 0 saturated heterocycles. The molecule has 0 aromatic heterocycles. The minimum atomic E-state index is 0.164. The van der Waals surface area contributed by atoms with Gasteiger partial charge in [0.1, 0.15) is 5.75 Å². The Hall–Kier alpha value is -1.03. The van der Waals surface area contributed by atoms with Crippen molar-refractivity contribution < 1.29 is 4.74 Å². The summed E-state index contributed by atoms with van der Waals surface area (Å²) in [6.07, 6.45) is 7.69. The second-order valence-corrected chi connectivity index (χ2v) is 7.18. The molecule has 4 heteroatoms. The van der Waals surface area contributed by atoms with Gasteiger partial charge in [0, 0.05) is 34.8 Å². The van der Waals surface area contributed by atoms with Crippen molar-refractivity contribution in [3.05, 3.63) is 18.2 Å². The van der Waals surface area contributed by atoms with Crippen LogP contribution in [-0.2, 0) is 0 Å². The zero-order chi connectivity index (χ0) is 14.6. The van der Waals surface area contributed by atoms with E-state index in [0.717, 1.165) is 23.7 Å². The lowest BCUT2D eigenvalue weighted by molar-refractivity contribution is 0.242. The number of hydrogen-bond acceptors (Lipinski definition) is 4. The van der Waals surface area contributed by atoms with Gasteiger partial charge in [-0.05, 0) is 39.0 Å². The average molecular weight is 294 g/mol. The molecule has 0 spiro atoms. The number of anilines is 2. The fourth-order valence-electron chi connectivity index (χ4n) is 2.80. The maximum atomic E-state index is 5.96. The molecule has 3 nitrogen and oxygen atoms in total. The van der Waals surface area contributed by atoms with E-state index in [2.05, 4.69) is 11.6 Å². The van der Waals surface area contributed by atoms with Gasteiger partial charge >= 0.3 is 0 Å². The summed E-state index contributed by atoms with van der Waals surface area (Å²) in [5.74, 6) is 0.840. The van der Waals surface area contributed by atoms with E-state index >= 15 is 0 Å². The third kappa shape index (κ3) is 3.98. The van der Waals surface area contributed by atoms with Crippen LogP contribution in [0.3, 0.4) is 0 Å². The van der Waals surface area contributed by atoms with Crippen molar-refractivity contribution in [1.29, 1.82) is 0 Å². The zero-order valence-electron chi connectivity index (χ0n) is 12.7. The molecule has 0 amide bonds. The van der Waals surface area contributed by atoms with E-state index < -0.39 is 0 Å². The maximum absolute atomic E-state index is 5.96. The van der Waals surface area contributed by atoms with Crippen molar-refractivity contribution in [2.75, 3.05) is 23.9 Å². The number of hydrogen-bond donors (Lipinski definition) is 2. The van der Waals surface area contributed by atoms with Gasteiger partial charge < -0.3 is 15.8 Å². The lowest BCUT2D eigenvalue weighted by Gasteiger charge is -2.27. The fraction of sp³-hybridized carbons (Fsp3) is 0.625. The molecule has 0 aliphatic heterocycles. The molecular weight excluding hydrogens is 268 g/mol. The van der Waals surface area contributed by atoms with Crippen LogP contribution in [0.25, 0.3) is 0 Å². The number of benzene rings is 1. The van der Waals surface area contributed by atoms with Crippen molar-refractivity contribution in [3.8, 4) is 5.75 Å². The normalized spacial score (nSPS) is 17.4. The second kappa shape index (κ2) is 6.61. The zero-order valence-corrected chi connectivity index (χ0v) is 13.6. The monoisotopic (exact) mass is 294 g/mol. The number of nitrogens with one attached hydrogen (secondary N) is 1. The quantitative estimate of drug-likeness (QED) is 0.774. The number of nitrogen functional groups attached to an aromatic ring is 1. The lowest BCUT2D eigenvalue weighted by atomic mass is 10.1. The van der Waals surface area contributed by atoms with Crippen molar-refractivity contribution in [2.24, 2.45) is 0 Å². The summed E-state index contributed by atoms with van der Waals surface area (Å²) in [5, 5.41) is 3.55. The third-order valence-electron chi connectivity index (χ3n) is 3.86. The molecule has 20 heavy (non-hydrogen) atoms. The Morgan fingerprint density at radius 1 is 1.30 bits per heavy atom. The molecule has 0 radical (unpaired) electrons. The van der Waals surface area contributed by atoms with Crippen LogP contribution >= 0.6 is 11.8 Å². The Morgan fingerprint density at radius 2 is 2.00 bits per heavy atom. The summed E-state index contributed by atoms with van der Waals surface area (Å²) in [5.41, 5.74) is 7.76. The van der Waals surface area contributed by atoms with E-state index in [0.29, 0.717) is 4.75 Å². The van der Waals surface area contributed by atoms with Crippen molar-refractivity contribution in [2.45, 2.75) is 50.4 Å². The minimum absolute atomic E-state index is 0.164. The van der Waals surface area contributed by atoms with E-state index in [9.17, 15) is 0 Å². The second-order valence-electron chi connectivity index (χ2n) is 5.91. The fourth-order valence-corrected chi connectivity index (χ4v) is 3.71. The molecule has 112 valence electrons. The number of ether oxygens (including phenoxy) is 1. The highest BCUT2D eigenvalue weighted by atomic mass is 32.2. The number of thioether (sulfide) groups is 1. The smallest absolute Gasteiger partial charge is 0.123 e. The molecule has 0 heterocycles. The Morgan fingerprint density at radius 3 is 2.60 bits per heavy atom. The predicted octanol–water partition coefficient (Wildman–Crippen LogP) is 4.14. The summed E-state index contributed by atoms with van der Waals surface area (Å²) in [6, 6.07) is 5.90. The molecule has 1 aliphatic carbocycles. The summed E-state index contributed by atoms with van der Waals surface area (Å²) < 4.78 is 6.13. The van der Waals surface area contributed by atoms with E-state index in [4.69, 9.17) is 10.5 Å². The van der Waals surface area contributed by atoms with Crippen LogP contribution in [0.5, 0.6) is 5.75 Å². The Bertz CT molecular complexity index is 442. The average Bonchev–Trinajstić information content (AvgIpc) is 2.84. The van der Waals surface area contributed by atoms with Gasteiger partial charge in [-0.15, -0.1) is 0 Å². The highest BCUT2D eigenvalue weighted by molar-refractivity contribution is 8.00. The van der Waals surface area contributed by atoms with E-state index in [1.807, 2.05) is 43.8 Å². The van der Waals surface area contributed by atoms with Crippen LogP contribution in [0, 0.1) is 0 Å². The molecular formula is C16H26N2OS. The van der Waals surface area contributed by atoms with Crippen LogP contribution in [0.1, 0.15) is 39.5 Å². The van der Waals surface area contributed by atoms with Gasteiger partial charge in [0.25, 0.3) is 0 Å². The van der Waals surface area contributed by atoms with Gasteiger partial charge in [-0.25, -0.2) is 0 Å². The van der Waals surface area contributed by atoms with Gasteiger partial charge in [0.2, 0.25) is 0 Å². The Labute approximate surface area is 126 Å². The van der Waals surface area contributed by atoms with Crippen molar-refractivity contribution in [1.82, 2.24) is 0 Å². The minimum Gasteiger partial charge on any atom is -0.491 e. The molecule has 2 rings (SSSR count).